The monoisotopic (exact) mass is 544 g/mol. The van der Waals surface area contributed by atoms with Crippen molar-refractivity contribution >= 4 is 26.2 Å². The summed E-state index contributed by atoms with van der Waals surface area (Å²) >= 11 is 0.587. The van der Waals surface area contributed by atoms with Crippen molar-refractivity contribution in [3.05, 3.63) is 0 Å². The molecule has 0 rings (SSSR count). The van der Waals surface area contributed by atoms with Crippen molar-refractivity contribution in [2.45, 2.75) is 19.3 Å². The second-order valence-electron chi connectivity index (χ2n) is 2.67. The normalized spacial score (nSPS) is 12.1. The standard InChI is InChI=1S/C7H16NO2.Ir.Tl/c8-4-2-1-3-7(5-9)6-10;;/h7,9H,1-6,8H2;;/q-1;;+1. The first-order valence-corrected chi connectivity index (χ1v) is 5.81. The van der Waals surface area contributed by atoms with Crippen molar-refractivity contribution in [2.24, 2.45) is 11.7 Å². The van der Waals surface area contributed by atoms with Crippen LogP contribution in [0.15, 0.2) is 0 Å². The Morgan fingerprint density at radius 3 is 2.50 bits per heavy atom. The average molecular weight is 543 g/mol. The molecule has 0 aliphatic heterocycles. The van der Waals surface area contributed by atoms with Gasteiger partial charge in [0.1, 0.15) is 0 Å². The van der Waals surface area contributed by atoms with Crippen LogP contribution in [-0.2, 0) is 22.8 Å². The van der Waals surface area contributed by atoms with Crippen molar-refractivity contribution in [2.75, 3.05) is 19.8 Å². The Bertz CT molecular complexity index is 87.8. The van der Waals surface area contributed by atoms with Gasteiger partial charge < -0.3 is 0 Å². The summed E-state index contributed by atoms with van der Waals surface area (Å²) < 4.78 is 5.10. The molecule has 0 aliphatic rings. The molecule has 0 amide bonds. The van der Waals surface area contributed by atoms with Crippen LogP contribution in [0.3, 0.4) is 0 Å². The summed E-state index contributed by atoms with van der Waals surface area (Å²) in [4.78, 5) is 0. The van der Waals surface area contributed by atoms with Gasteiger partial charge in [0.05, 0.1) is 0 Å². The van der Waals surface area contributed by atoms with E-state index in [1.54, 1.807) is 0 Å². The van der Waals surface area contributed by atoms with E-state index in [1.807, 2.05) is 0 Å². The molecule has 0 aromatic carbocycles. The van der Waals surface area contributed by atoms with Crippen molar-refractivity contribution in [3.8, 4) is 0 Å². The summed E-state index contributed by atoms with van der Waals surface area (Å²) in [6, 6.07) is 0. The minimum atomic E-state index is 0. The molecule has 0 heterocycles. The van der Waals surface area contributed by atoms with Gasteiger partial charge in [0.25, 0.3) is 0 Å². The van der Waals surface area contributed by atoms with E-state index in [0.29, 0.717) is 32.1 Å². The van der Waals surface area contributed by atoms with Gasteiger partial charge in [-0.05, 0) is 0 Å². The summed E-state index contributed by atoms with van der Waals surface area (Å²) in [6.45, 7) is 1.73. The summed E-state index contributed by atoms with van der Waals surface area (Å²) in [7, 11) is 0. The zero-order chi connectivity index (χ0) is 8.53. The molecule has 3 nitrogen and oxygen atoms in total. The third-order valence-electron chi connectivity index (χ3n) is 1.66. The maximum absolute atomic E-state index is 8.86. The van der Waals surface area contributed by atoms with Gasteiger partial charge in [0, 0.05) is 20.1 Å². The number of nitrogens with two attached hydrogens (primary N) is 1. The van der Waals surface area contributed by atoms with Crippen LogP contribution in [0.25, 0.3) is 0 Å². The van der Waals surface area contributed by atoms with Crippen LogP contribution in [-0.4, -0.2) is 51.1 Å². The molecule has 3 N–H and O–H groups in total. The number of hydrogen-bond donors (Lipinski definition) is 2. The molecule has 0 aromatic rings. The third kappa shape index (κ3) is 9.54. The van der Waals surface area contributed by atoms with E-state index in [-0.39, 0.29) is 26.7 Å². The molecule has 0 spiro atoms. The van der Waals surface area contributed by atoms with E-state index in [2.05, 4.69) is 0 Å². The average Bonchev–Trinajstić information content (AvgIpc) is 2.03. The van der Waals surface area contributed by atoms with Crippen LogP contribution in [0, 0.1) is 5.92 Å². The molecule has 0 aromatic heterocycles. The first-order chi connectivity index (χ1) is 5.35. The molecular weight excluding hydrogens is 527 g/mol. The smallest absolute Gasteiger partial charge is 0 e. The summed E-state index contributed by atoms with van der Waals surface area (Å²) in [5, 5.41) is 8.86. The molecule has 73 valence electrons. The van der Waals surface area contributed by atoms with Crippen LogP contribution in [0.2, 0.25) is 0 Å². The van der Waals surface area contributed by atoms with Gasteiger partial charge in [-0.15, -0.1) is 0 Å². The van der Waals surface area contributed by atoms with Crippen molar-refractivity contribution in [3.63, 3.8) is 0 Å². The fraction of sp³-hybridized carbons (Fsp3) is 1.00. The molecule has 1 radical (unpaired) electrons. The SMILES string of the molecule is NCCCCC(CO)C[O][Tl].[Ir]. The van der Waals surface area contributed by atoms with Crippen molar-refractivity contribution in [1.29, 1.82) is 0 Å². The van der Waals surface area contributed by atoms with Gasteiger partial charge in [0.2, 0.25) is 0 Å². The van der Waals surface area contributed by atoms with Crippen LogP contribution >= 0.6 is 0 Å². The molecular formula is C7H16IrNO2Tl. The quantitative estimate of drug-likeness (QED) is 0.347. The first kappa shape index (κ1) is 15.9. The zero-order valence-electron chi connectivity index (χ0n) is 7.16. The number of hydrogen-bond acceptors (Lipinski definition) is 3. The van der Waals surface area contributed by atoms with Crippen molar-refractivity contribution in [1.82, 2.24) is 0 Å². The predicted octanol–water partition coefficient (Wildman–Crippen LogP) is -0.179. The van der Waals surface area contributed by atoms with Gasteiger partial charge in [-0.25, -0.2) is 0 Å². The van der Waals surface area contributed by atoms with E-state index in [1.165, 1.54) is 0 Å². The predicted molar refractivity (Wildman–Crippen MR) is 45.2 cm³/mol. The van der Waals surface area contributed by atoms with Crippen LogP contribution < -0.4 is 5.73 Å². The topological polar surface area (TPSA) is 55.5 Å². The Morgan fingerprint density at radius 2 is 2.08 bits per heavy atom. The number of aliphatic hydroxyl groups excluding tert-OH is 1. The van der Waals surface area contributed by atoms with Crippen LogP contribution in [0.1, 0.15) is 19.3 Å². The molecule has 0 aliphatic carbocycles. The molecule has 12 heavy (non-hydrogen) atoms. The van der Waals surface area contributed by atoms with E-state index >= 15 is 0 Å². The Hall–Kier alpha value is 1.45. The largest absolute Gasteiger partial charge is 0 e. The fourth-order valence-electron chi connectivity index (χ4n) is 0.941. The minimum absolute atomic E-state index is 0. The van der Waals surface area contributed by atoms with Crippen LogP contribution in [0.5, 0.6) is 0 Å². The summed E-state index contributed by atoms with van der Waals surface area (Å²) in [5.74, 6) is 0.339. The Kier molecular flexibility index (Phi) is 16.5. The molecule has 0 saturated carbocycles. The molecule has 0 fully saturated rings. The summed E-state index contributed by atoms with van der Waals surface area (Å²) in [6.07, 6.45) is 3.20. The Balaban J connectivity index is 0. The van der Waals surface area contributed by atoms with Crippen LogP contribution in [0.4, 0.5) is 0 Å². The van der Waals surface area contributed by atoms with Gasteiger partial charge in [-0.3, -0.25) is 0 Å². The Labute approximate surface area is 104 Å². The maximum Gasteiger partial charge on any atom is 0 e. The molecule has 5 heteroatoms. The Morgan fingerprint density at radius 1 is 1.42 bits per heavy atom. The van der Waals surface area contributed by atoms with Gasteiger partial charge in [-0.1, -0.05) is 0 Å². The number of rotatable bonds is 7. The zero-order valence-corrected chi connectivity index (χ0v) is 14.0. The molecule has 0 bridgehead atoms. The van der Waals surface area contributed by atoms with E-state index in [0.717, 1.165) is 32.4 Å². The number of aliphatic hydroxyl groups is 1. The van der Waals surface area contributed by atoms with E-state index in [9.17, 15) is 0 Å². The van der Waals surface area contributed by atoms with Gasteiger partial charge >= 0.3 is 84.7 Å². The minimum Gasteiger partial charge on any atom is 0 e. The molecule has 1 unspecified atom stereocenters. The molecule has 1 atom stereocenters. The van der Waals surface area contributed by atoms with Gasteiger partial charge in [0.15, 0.2) is 0 Å². The maximum atomic E-state index is 8.86. The summed E-state index contributed by atoms with van der Waals surface area (Å²) in [5.41, 5.74) is 5.34. The van der Waals surface area contributed by atoms with Gasteiger partial charge in [-0.2, -0.15) is 0 Å². The molecule has 0 saturated heterocycles. The fourth-order valence-corrected chi connectivity index (χ4v) is 2.00. The second-order valence-corrected chi connectivity index (χ2v) is 3.96. The third-order valence-corrected chi connectivity index (χ3v) is 2.40. The second kappa shape index (κ2) is 12.5. The van der Waals surface area contributed by atoms with E-state index < -0.39 is 0 Å². The van der Waals surface area contributed by atoms with Crippen molar-refractivity contribution < 1.29 is 27.9 Å². The number of unbranched alkanes of at least 4 members (excludes halogenated alkanes) is 1. The van der Waals surface area contributed by atoms with E-state index in [4.69, 9.17) is 13.5 Å². The first-order valence-electron chi connectivity index (χ1n) is 3.97.